The molecular weight excluding hydrogens is 340 g/mol. The van der Waals surface area contributed by atoms with Crippen LogP contribution in [-0.4, -0.2) is 36.1 Å². The highest BCUT2D eigenvalue weighted by Crippen LogP contribution is 2.38. The van der Waals surface area contributed by atoms with Crippen molar-refractivity contribution in [3.8, 4) is 5.75 Å². The number of thioether (sulfide) groups is 1. The van der Waals surface area contributed by atoms with Gasteiger partial charge >= 0.3 is 0 Å². The van der Waals surface area contributed by atoms with Gasteiger partial charge in [-0.2, -0.15) is 0 Å². The second kappa shape index (κ2) is 6.01. The average Bonchev–Trinajstić information content (AvgIpc) is 3.01. The van der Waals surface area contributed by atoms with E-state index in [1.165, 1.54) is 11.8 Å². The number of halogens is 1. The first-order valence-electron chi connectivity index (χ1n) is 6.10. The summed E-state index contributed by atoms with van der Waals surface area (Å²) in [4.78, 5) is 19.8. The van der Waals surface area contributed by atoms with E-state index in [1.807, 2.05) is 25.1 Å². The molecule has 0 N–H and O–H groups in total. The number of rotatable bonds is 3. The van der Waals surface area contributed by atoms with Crippen LogP contribution >= 0.6 is 28.7 Å². The third kappa shape index (κ3) is 2.50. The van der Waals surface area contributed by atoms with Crippen LogP contribution in [0.25, 0.3) is 0 Å². The van der Waals surface area contributed by atoms with Crippen molar-refractivity contribution in [2.45, 2.75) is 6.92 Å². The van der Waals surface area contributed by atoms with Gasteiger partial charge in [-0.05, 0) is 30.8 Å². The monoisotopic (exact) mass is 354 g/mol. The van der Waals surface area contributed by atoms with Crippen LogP contribution in [-0.2, 0) is 0 Å². The predicted octanol–water partition coefficient (Wildman–Crippen LogP) is 3.11. The number of hydrogen-bond acceptors (Lipinski definition) is 5. The number of benzene rings is 1. The number of carbonyl (C=O) groups excluding carboxylic acids is 1. The van der Waals surface area contributed by atoms with Gasteiger partial charge < -0.3 is 9.64 Å². The lowest BCUT2D eigenvalue weighted by Crippen LogP contribution is -2.19. The van der Waals surface area contributed by atoms with Gasteiger partial charge in [0.1, 0.15) is 5.75 Å². The number of aliphatic imine (C=N–C) groups is 1. The first kappa shape index (κ1) is 15.1. The minimum atomic E-state index is 0. The number of amidine groups is 1. The molecule has 3 rings (SSSR count). The number of hydrogen-bond donors (Lipinski definition) is 0. The average molecular weight is 355 g/mol. The van der Waals surface area contributed by atoms with Gasteiger partial charge in [-0.1, -0.05) is 12.1 Å². The van der Waals surface area contributed by atoms with Crippen LogP contribution < -0.4 is 4.74 Å². The first-order chi connectivity index (χ1) is 9.20. The number of ketones is 1. The molecule has 0 bridgehead atoms. The molecule has 2 heterocycles. The number of Topliss-reactive ketones (excluding diaryl/α,β-unsaturated/α-hetero) is 1. The molecule has 0 saturated heterocycles. The number of nitrogens with zero attached hydrogens (tertiary/aromatic N) is 2. The molecule has 4 nitrogen and oxygen atoms in total. The lowest BCUT2D eigenvalue weighted by atomic mass is 10.1. The molecule has 2 aliphatic heterocycles. The number of ether oxygens (including phenoxy) is 1. The molecule has 2 aliphatic rings. The van der Waals surface area contributed by atoms with E-state index in [0.717, 1.165) is 28.9 Å². The van der Waals surface area contributed by atoms with Gasteiger partial charge in [0.05, 0.1) is 18.6 Å². The molecule has 0 fully saturated rings. The fourth-order valence-electron chi connectivity index (χ4n) is 2.22. The van der Waals surface area contributed by atoms with Crippen LogP contribution in [0.1, 0.15) is 17.3 Å². The summed E-state index contributed by atoms with van der Waals surface area (Å²) in [5.74, 6) is 0.739. The molecular formula is C14H15BrN2O2S. The Morgan fingerprint density at radius 1 is 1.45 bits per heavy atom. The Hall–Kier alpha value is -1.27. The molecule has 1 aromatic carbocycles. The van der Waals surface area contributed by atoms with Crippen LogP contribution in [0.2, 0.25) is 0 Å². The van der Waals surface area contributed by atoms with E-state index in [4.69, 9.17) is 4.74 Å². The first-order valence-corrected chi connectivity index (χ1v) is 6.92. The molecule has 1 aromatic rings. The van der Waals surface area contributed by atoms with Gasteiger partial charge in [0.2, 0.25) is 5.78 Å². The number of methoxy groups -OCH3 is 1. The molecule has 106 valence electrons. The van der Waals surface area contributed by atoms with E-state index in [9.17, 15) is 4.79 Å². The Labute approximate surface area is 132 Å². The van der Waals surface area contributed by atoms with E-state index in [-0.39, 0.29) is 22.8 Å². The highest BCUT2D eigenvalue weighted by atomic mass is 79.9. The Morgan fingerprint density at radius 2 is 2.25 bits per heavy atom. The Kier molecular flexibility index (Phi) is 4.55. The second-order valence-electron chi connectivity index (χ2n) is 4.39. The molecule has 0 spiro atoms. The van der Waals surface area contributed by atoms with Gasteiger partial charge in [-0.15, -0.1) is 17.0 Å². The maximum atomic E-state index is 12.5. The molecule has 0 unspecified atom stereocenters. The normalized spacial score (nSPS) is 16.7. The summed E-state index contributed by atoms with van der Waals surface area (Å²) >= 11 is 1.47. The molecule has 20 heavy (non-hydrogen) atoms. The summed E-state index contributed by atoms with van der Waals surface area (Å²) in [6.07, 6.45) is 0. The van der Waals surface area contributed by atoms with E-state index < -0.39 is 0 Å². The van der Waals surface area contributed by atoms with E-state index >= 15 is 0 Å². The van der Waals surface area contributed by atoms with Crippen LogP contribution in [0.15, 0.2) is 39.9 Å². The quantitative estimate of drug-likeness (QED) is 0.782. The summed E-state index contributed by atoms with van der Waals surface area (Å²) < 4.78 is 5.16. The SMILES string of the molecule is Br.COc1cccc(C(=O)C2=C(C)N3CCN=C3S2)c1. The zero-order valence-corrected chi connectivity index (χ0v) is 13.8. The Balaban J connectivity index is 0.00000147. The minimum absolute atomic E-state index is 0. The number of carbonyl (C=O) groups is 1. The molecule has 6 heteroatoms. The van der Waals surface area contributed by atoms with Crippen LogP contribution in [0.4, 0.5) is 0 Å². The lowest BCUT2D eigenvalue weighted by Gasteiger charge is -2.12. The van der Waals surface area contributed by atoms with Gasteiger partial charge in [0.15, 0.2) is 5.17 Å². The summed E-state index contributed by atoms with van der Waals surface area (Å²) in [6, 6.07) is 7.26. The van der Waals surface area contributed by atoms with Crippen molar-refractivity contribution in [1.82, 2.24) is 4.90 Å². The smallest absolute Gasteiger partial charge is 0.201 e. The van der Waals surface area contributed by atoms with Crippen molar-refractivity contribution >= 4 is 39.7 Å². The van der Waals surface area contributed by atoms with Crippen molar-refractivity contribution < 1.29 is 9.53 Å². The van der Waals surface area contributed by atoms with Crippen molar-refractivity contribution in [3.63, 3.8) is 0 Å². The third-order valence-corrected chi connectivity index (χ3v) is 4.48. The van der Waals surface area contributed by atoms with E-state index in [0.29, 0.717) is 11.3 Å². The molecule has 0 atom stereocenters. The number of fused-ring (bicyclic) bond motifs is 1. The van der Waals surface area contributed by atoms with Gasteiger partial charge in [0, 0.05) is 17.8 Å². The molecule has 0 radical (unpaired) electrons. The summed E-state index contributed by atoms with van der Waals surface area (Å²) in [6.45, 7) is 3.68. The highest BCUT2D eigenvalue weighted by Gasteiger charge is 2.33. The van der Waals surface area contributed by atoms with Gasteiger partial charge in [-0.25, -0.2) is 0 Å². The van der Waals surface area contributed by atoms with Crippen molar-refractivity contribution in [3.05, 3.63) is 40.4 Å². The fourth-order valence-corrected chi connectivity index (χ4v) is 3.36. The number of allylic oxidation sites excluding steroid dienone is 2. The fraction of sp³-hybridized carbons (Fsp3) is 0.286. The van der Waals surface area contributed by atoms with Gasteiger partial charge in [0.25, 0.3) is 0 Å². The Morgan fingerprint density at radius 3 is 2.95 bits per heavy atom. The van der Waals surface area contributed by atoms with E-state index in [1.54, 1.807) is 13.2 Å². The maximum absolute atomic E-state index is 12.5. The highest BCUT2D eigenvalue weighted by molar-refractivity contribution is 8.93. The summed E-state index contributed by atoms with van der Waals surface area (Å²) in [5.41, 5.74) is 1.66. The van der Waals surface area contributed by atoms with Crippen molar-refractivity contribution in [2.75, 3.05) is 20.2 Å². The summed E-state index contributed by atoms with van der Waals surface area (Å²) in [5, 5.41) is 0.948. The summed E-state index contributed by atoms with van der Waals surface area (Å²) in [7, 11) is 1.60. The molecule has 0 aliphatic carbocycles. The third-order valence-electron chi connectivity index (χ3n) is 3.27. The van der Waals surface area contributed by atoms with Crippen molar-refractivity contribution in [1.29, 1.82) is 0 Å². The standard InChI is InChI=1S/C14H14N2O2S.BrH/c1-9-13(19-14-15-6-7-16(9)14)12(17)10-4-3-5-11(8-10)18-2;/h3-5,8H,6-7H2,1-2H3;1H. The zero-order valence-electron chi connectivity index (χ0n) is 11.3. The van der Waals surface area contributed by atoms with Crippen LogP contribution in [0.5, 0.6) is 5.75 Å². The van der Waals surface area contributed by atoms with Gasteiger partial charge in [-0.3, -0.25) is 9.79 Å². The molecule has 0 saturated carbocycles. The topological polar surface area (TPSA) is 41.9 Å². The van der Waals surface area contributed by atoms with E-state index in [2.05, 4.69) is 9.89 Å². The molecule has 0 aromatic heterocycles. The minimum Gasteiger partial charge on any atom is -0.497 e. The lowest BCUT2D eigenvalue weighted by molar-refractivity contribution is 0.104. The largest absolute Gasteiger partial charge is 0.497 e. The van der Waals surface area contributed by atoms with Crippen molar-refractivity contribution in [2.24, 2.45) is 4.99 Å². The predicted molar refractivity (Wildman–Crippen MR) is 86.9 cm³/mol. The van der Waals surface area contributed by atoms with Crippen LogP contribution in [0.3, 0.4) is 0 Å². The zero-order chi connectivity index (χ0) is 13.4. The second-order valence-corrected chi connectivity index (χ2v) is 5.37. The maximum Gasteiger partial charge on any atom is 0.201 e. The Bertz CT molecular complexity index is 613. The molecule has 0 amide bonds. The van der Waals surface area contributed by atoms with Crippen LogP contribution in [0, 0.1) is 0 Å².